The number of ether oxygens (including phenoxy) is 1. The van der Waals surface area contributed by atoms with Crippen molar-refractivity contribution in [3.63, 3.8) is 0 Å². The number of esters is 1. The van der Waals surface area contributed by atoms with Crippen LogP contribution in [0.25, 0.3) is 0 Å². The fourth-order valence-electron chi connectivity index (χ4n) is 1.46. The number of methoxy groups -OCH3 is 1. The van der Waals surface area contributed by atoms with Crippen molar-refractivity contribution < 1.29 is 9.53 Å². The smallest absolute Gasteiger partial charge is 0.339 e. The van der Waals surface area contributed by atoms with Crippen molar-refractivity contribution >= 4 is 33.7 Å². The summed E-state index contributed by atoms with van der Waals surface area (Å²) in [7, 11) is 1.36. The molecule has 0 saturated heterocycles. The van der Waals surface area contributed by atoms with Crippen LogP contribution in [0.4, 0.5) is 0 Å². The number of rotatable bonds is 4. The van der Waals surface area contributed by atoms with E-state index in [1.807, 2.05) is 24.3 Å². The first-order chi connectivity index (χ1) is 9.20. The summed E-state index contributed by atoms with van der Waals surface area (Å²) in [6, 6.07) is 11.6. The Bertz CT molecular complexity index is 572. The number of carbonyl (C=O) groups excluding carboxylic acids is 1. The van der Waals surface area contributed by atoms with E-state index >= 15 is 0 Å². The molecular weight excluding hydrogens is 326 g/mol. The molecule has 0 unspecified atom stereocenters. The molecule has 0 spiro atoms. The molecule has 1 aromatic carbocycles. The summed E-state index contributed by atoms with van der Waals surface area (Å²) >= 11 is 5.20. The summed E-state index contributed by atoms with van der Waals surface area (Å²) < 4.78 is 5.71. The molecule has 1 heterocycles. The Kier molecular flexibility index (Phi) is 4.99. The fourth-order valence-corrected chi connectivity index (χ4v) is 2.94. The normalized spacial score (nSPS) is 10.2. The van der Waals surface area contributed by atoms with Crippen LogP contribution in [0.2, 0.25) is 0 Å². The van der Waals surface area contributed by atoms with Gasteiger partial charge in [0.1, 0.15) is 0 Å². The summed E-state index contributed by atoms with van der Waals surface area (Å²) in [5.41, 5.74) is 1.39. The van der Waals surface area contributed by atoms with Gasteiger partial charge in [0.15, 0.2) is 0 Å². The van der Waals surface area contributed by atoms with E-state index < -0.39 is 0 Å². The van der Waals surface area contributed by atoms with Crippen molar-refractivity contribution in [1.82, 2.24) is 4.98 Å². The number of hydrogen-bond donors (Lipinski definition) is 0. The topological polar surface area (TPSA) is 39.2 Å². The highest BCUT2D eigenvalue weighted by atomic mass is 79.9. The van der Waals surface area contributed by atoms with Gasteiger partial charge in [0, 0.05) is 21.3 Å². The van der Waals surface area contributed by atoms with E-state index in [4.69, 9.17) is 0 Å². The van der Waals surface area contributed by atoms with Crippen LogP contribution in [0.15, 0.2) is 52.0 Å². The minimum Gasteiger partial charge on any atom is -0.465 e. The molecule has 0 atom stereocenters. The Morgan fingerprint density at radius 3 is 2.74 bits per heavy atom. The molecule has 0 amide bonds. The lowest BCUT2D eigenvalue weighted by Gasteiger charge is -2.04. The summed E-state index contributed by atoms with van der Waals surface area (Å²) in [5.74, 6) is 0.391. The third-order valence-corrected chi connectivity index (χ3v) is 4.52. The number of hydrogen-bond acceptors (Lipinski definition) is 4. The molecule has 2 aromatic rings. The first kappa shape index (κ1) is 14.1. The van der Waals surface area contributed by atoms with Crippen LogP contribution in [0.1, 0.15) is 16.1 Å². The highest BCUT2D eigenvalue weighted by Gasteiger charge is 2.06. The van der Waals surface area contributed by atoms with Gasteiger partial charge in [-0.2, -0.15) is 0 Å². The molecule has 19 heavy (non-hydrogen) atoms. The molecule has 2 rings (SSSR count). The summed E-state index contributed by atoms with van der Waals surface area (Å²) in [6.07, 6.45) is 1.54. The Morgan fingerprint density at radius 1 is 1.32 bits per heavy atom. The highest BCUT2D eigenvalue weighted by molar-refractivity contribution is 9.10. The molecule has 0 N–H and O–H groups in total. The Labute approximate surface area is 124 Å². The molecule has 0 aliphatic heterocycles. The maximum atomic E-state index is 11.3. The van der Waals surface area contributed by atoms with Crippen LogP contribution < -0.4 is 0 Å². The molecule has 0 bridgehead atoms. The zero-order valence-electron chi connectivity index (χ0n) is 10.3. The molecule has 0 saturated carbocycles. The number of carbonyl (C=O) groups is 1. The highest BCUT2D eigenvalue weighted by Crippen LogP contribution is 2.29. The minimum atomic E-state index is -0.363. The van der Waals surface area contributed by atoms with Gasteiger partial charge in [-0.15, -0.1) is 11.8 Å². The minimum absolute atomic E-state index is 0.363. The van der Waals surface area contributed by atoms with E-state index in [9.17, 15) is 4.79 Å². The molecule has 5 heteroatoms. The van der Waals surface area contributed by atoms with E-state index in [-0.39, 0.29) is 5.97 Å². The number of thioether (sulfide) groups is 1. The molecule has 0 aliphatic carbocycles. The fraction of sp³-hybridized carbons (Fsp3) is 0.143. The monoisotopic (exact) mass is 337 g/mol. The molecule has 3 nitrogen and oxygen atoms in total. The molecule has 98 valence electrons. The third kappa shape index (κ3) is 3.81. The number of benzene rings is 1. The SMILES string of the molecule is COC(=O)c1ccc(CSc2ccccc2Br)nc1. The van der Waals surface area contributed by atoms with Crippen molar-refractivity contribution in [3.05, 3.63) is 58.3 Å². The standard InChI is InChI=1S/C14H12BrNO2S/c1-18-14(17)10-6-7-11(16-8-10)9-19-13-5-3-2-4-12(13)15/h2-8H,9H2,1H3. The average molecular weight is 338 g/mol. The van der Waals surface area contributed by atoms with Gasteiger partial charge in [-0.25, -0.2) is 4.79 Å². The van der Waals surface area contributed by atoms with Gasteiger partial charge in [0.05, 0.1) is 18.4 Å². The predicted octanol–water partition coefficient (Wildman–Crippen LogP) is 3.92. The maximum Gasteiger partial charge on any atom is 0.339 e. The number of aromatic nitrogens is 1. The van der Waals surface area contributed by atoms with Crippen LogP contribution in [0.5, 0.6) is 0 Å². The lowest BCUT2D eigenvalue weighted by Crippen LogP contribution is -2.02. The Morgan fingerprint density at radius 2 is 2.11 bits per heavy atom. The van der Waals surface area contributed by atoms with Gasteiger partial charge >= 0.3 is 5.97 Å². The second-order valence-corrected chi connectivity index (χ2v) is 5.62. The summed E-state index contributed by atoms with van der Waals surface area (Å²) in [4.78, 5) is 16.7. The zero-order valence-corrected chi connectivity index (χ0v) is 12.7. The van der Waals surface area contributed by atoms with Crippen molar-refractivity contribution in [3.8, 4) is 0 Å². The summed E-state index contributed by atoms with van der Waals surface area (Å²) in [6.45, 7) is 0. The van der Waals surface area contributed by atoms with Gasteiger partial charge in [-0.1, -0.05) is 12.1 Å². The first-order valence-corrected chi connectivity index (χ1v) is 7.39. The van der Waals surface area contributed by atoms with E-state index in [2.05, 4.69) is 31.7 Å². The number of pyridine rings is 1. The molecular formula is C14H12BrNO2S. The lowest BCUT2D eigenvalue weighted by atomic mass is 10.2. The predicted molar refractivity (Wildman–Crippen MR) is 79.3 cm³/mol. The number of halogens is 1. The third-order valence-electron chi connectivity index (χ3n) is 2.46. The van der Waals surface area contributed by atoms with Crippen molar-refractivity contribution in [2.24, 2.45) is 0 Å². The van der Waals surface area contributed by atoms with Gasteiger partial charge in [-0.05, 0) is 40.2 Å². The Hall–Kier alpha value is -1.33. The quantitative estimate of drug-likeness (QED) is 0.626. The average Bonchev–Trinajstić information content (AvgIpc) is 2.46. The van der Waals surface area contributed by atoms with E-state index in [1.54, 1.807) is 24.0 Å². The van der Waals surface area contributed by atoms with Gasteiger partial charge in [0.25, 0.3) is 0 Å². The zero-order chi connectivity index (χ0) is 13.7. The second kappa shape index (κ2) is 6.73. The summed E-state index contributed by atoms with van der Waals surface area (Å²) in [5, 5.41) is 0. The van der Waals surface area contributed by atoms with Crippen molar-refractivity contribution in [2.75, 3.05) is 7.11 Å². The molecule has 0 radical (unpaired) electrons. The van der Waals surface area contributed by atoms with Gasteiger partial charge < -0.3 is 4.74 Å². The van der Waals surface area contributed by atoms with Crippen molar-refractivity contribution in [2.45, 2.75) is 10.6 Å². The maximum absolute atomic E-state index is 11.3. The molecule has 1 aromatic heterocycles. The van der Waals surface area contributed by atoms with E-state index in [0.717, 1.165) is 15.9 Å². The van der Waals surface area contributed by atoms with Gasteiger partial charge in [0.2, 0.25) is 0 Å². The van der Waals surface area contributed by atoms with Crippen LogP contribution in [-0.2, 0) is 10.5 Å². The van der Waals surface area contributed by atoms with Crippen LogP contribution in [0, 0.1) is 0 Å². The number of nitrogens with zero attached hydrogens (tertiary/aromatic N) is 1. The van der Waals surface area contributed by atoms with Crippen LogP contribution in [-0.4, -0.2) is 18.1 Å². The second-order valence-electron chi connectivity index (χ2n) is 3.75. The Balaban J connectivity index is 2.01. The first-order valence-electron chi connectivity index (χ1n) is 5.61. The van der Waals surface area contributed by atoms with Crippen LogP contribution in [0.3, 0.4) is 0 Å². The van der Waals surface area contributed by atoms with Crippen LogP contribution >= 0.6 is 27.7 Å². The molecule has 0 fully saturated rings. The lowest BCUT2D eigenvalue weighted by molar-refractivity contribution is 0.0600. The van der Waals surface area contributed by atoms with E-state index in [1.165, 1.54) is 12.0 Å². The largest absolute Gasteiger partial charge is 0.465 e. The van der Waals surface area contributed by atoms with E-state index in [0.29, 0.717) is 5.56 Å². The van der Waals surface area contributed by atoms with Gasteiger partial charge in [-0.3, -0.25) is 4.98 Å². The molecule has 0 aliphatic rings. The van der Waals surface area contributed by atoms with Crippen molar-refractivity contribution in [1.29, 1.82) is 0 Å².